The minimum atomic E-state index is -0.606. The Labute approximate surface area is 142 Å². The van der Waals surface area contributed by atoms with E-state index < -0.39 is 11.6 Å². The molecule has 1 amide bonds. The lowest BCUT2D eigenvalue weighted by atomic mass is 9.94. The highest BCUT2D eigenvalue weighted by molar-refractivity contribution is 5.81. The van der Waals surface area contributed by atoms with Crippen molar-refractivity contribution in [3.8, 4) is 5.75 Å². The summed E-state index contributed by atoms with van der Waals surface area (Å²) in [5, 5.41) is 3.05. The monoisotopic (exact) mass is 329 g/mol. The Balaban J connectivity index is 1.98. The van der Waals surface area contributed by atoms with Gasteiger partial charge in [-0.25, -0.2) is 4.39 Å². The van der Waals surface area contributed by atoms with Crippen LogP contribution in [-0.4, -0.2) is 17.6 Å². The second-order valence-electron chi connectivity index (χ2n) is 6.50. The van der Waals surface area contributed by atoms with Gasteiger partial charge in [-0.2, -0.15) is 0 Å². The van der Waals surface area contributed by atoms with Crippen molar-refractivity contribution in [2.45, 2.75) is 45.3 Å². The maximum Gasteiger partial charge on any atom is 0.261 e. The van der Waals surface area contributed by atoms with E-state index in [1.165, 1.54) is 24.3 Å². The predicted molar refractivity (Wildman–Crippen MR) is 93.5 cm³/mol. The fourth-order valence-corrected chi connectivity index (χ4v) is 2.56. The zero-order valence-corrected chi connectivity index (χ0v) is 14.4. The van der Waals surface area contributed by atoms with Crippen LogP contribution in [0.4, 0.5) is 4.39 Å². The molecule has 4 heteroatoms. The molecule has 128 valence electrons. The molecule has 1 atom stereocenters. The first kappa shape index (κ1) is 18.0. The first-order chi connectivity index (χ1) is 11.4. The summed E-state index contributed by atoms with van der Waals surface area (Å²) < 4.78 is 18.7. The minimum absolute atomic E-state index is 0.164. The highest BCUT2D eigenvalue weighted by Gasteiger charge is 2.26. The summed E-state index contributed by atoms with van der Waals surface area (Å²) in [6, 6.07) is 15.7. The van der Waals surface area contributed by atoms with Crippen LogP contribution in [-0.2, 0) is 11.2 Å². The van der Waals surface area contributed by atoms with Crippen LogP contribution < -0.4 is 10.1 Å². The van der Waals surface area contributed by atoms with Crippen molar-refractivity contribution >= 4 is 5.91 Å². The van der Waals surface area contributed by atoms with E-state index >= 15 is 0 Å². The number of benzene rings is 2. The van der Waals surface area contributed by atoms with E-state index in [0.717, 1.165) is 12.0 Å². The van der Waals surface area contributed by atoms with E-state index in [4.69, 9.17) is 4.74 Å². The van der Waals surface area contributed by atoms with E-state index in [9.17, 15) is 9.18 Å². The van der Waals surface area contributed by atoms with Crippen molar-refractivity contribution < 1.29 is 13.9 Å². The molecule has 1 N–H and O–H groups in total. The summed E-state index contributed by atoms with van der Waals surface area (Å²) in [6.45, 7) is 5.86. The number of carbonyl (C=O) groups is 1. The Bertz CT molecular complexity index is 653. The Morgan fingerprint density at radius 3 is 2.33 bits per heavy atom. The van der Waals surface area contributed by atoms with Crippen LogP contribution in [0.1, 0.15) is 32.8 Å². The second kappa shape index (κ2) is 7.95. The number of amides is 1. The lowest BCUT2D eigenvalue weighted by Crippen LogP contribution is -2.50. The molecule has 0 saturated carbocycles. The maximum atomic E-state index is 13.0. The van der Waals surface area contributed by atoms with Crippen molar-refractivity contribution in [1.29, 1.82) is 0 Å². The molecule has 2 aromatic rings. The van der Waals surface area contributed by atoms with Crippen molar-refractivity contribution in [1.82, 2.24) is 5.32 Å². The molecule has 0 aliphatic rings. The highest BCUT2D eigenvalue weighted by Crippen LogP contribution is 2.17. The lowest BCUT2D eigenvalue weighted by Gasteiger charge is -2.29. The molecule has 0 spiro atoms. The predicted octanol–water partition coefficient (Wildman–Crippen LogP) is 4.12. The van der Waals surface area contributed by atoms with Gasteiger partial charge in [-0.3, -0.25) is 4.79 Å². The number of hydrogen-bond acceptors (Lipinski definition) is 2. The molecule has 0 saturated heterocycles. The minimum Gasteiger partial charge on any atom is -0.481 e. The molecule has 0 bridgehead atoms. The highest BCUT2D eigenvalue weighted by atomic mass is 19.1. The summed E-state index contributed by atoms with van der Waals surface area (Å²) in [5.74, 6) is -0.00846. The third-order valence-electron chi connectivity index (χ3n) is 3.71. The van der Waals surface area contributed by atoms with Gasteiger partial charge < -0.3 is 10.1 Å². The van der Waals surface area contributed by atoms with Crippen LogP contribution >= 0.6 is 0 Å². The van der Waals surface area contributed by atoms with Gasteiger partial charge in [0.15, 0.2) is 6.10 Å². The molecule has 2 rings (SSSR count). The molecule has 0 heterocycles. The average Bonchev–Trinajstić information content (AvgIpc) is 2.54. The van der Waals surface area contributed by atoms with Crippen molar-refractivity contribution in [3.05, 3.63) is 66.0 Å². The number of halogens is 1. The first-order valence-corrected chi connectivity index (χ1v) is 8.18. The van der Waals surface area contributed by atoms with Crippen LogP contribution in [0.5, 0.6) is 5.75 Å². The molecule has 0 unspecified atom stereocenters. The number of carbonyl (C=O) groups excluding carboxylic acids is 1. The third-order valence-corrected chi connectivity index (χ3v) is 3.71. The number of rotatable bonds is 7. The maximum absolute atomic E-state index is 13.0. The fraction of sp³-hybridized carbons (Fsp3) is 0.350. The van der Waals surface area contributed by atoms with Gasteiger partial charge in [-0.1, -0.05) is 37.3 Å². The van der Waals surface area contributed by atoms with E-state index in [1.807, 2.05) is 51.1 Å². The molecule has 0 aliphatic carbocycles. The molecule has 2 aromatic carbocycles. The van der Waals surface area contributed by atoms with E-state index in [0.29, 0.717) is 12.2 Å². The van der Waals surface area contributed by atoms with Gasteiger partial charge in [0.1, 0.15) is 11.6 Å². The molecule has 0 radical (unpaired) electrons. The van der Waals surface area contributed by atoms with Crippen LogP contribution in [0.2, 0.25) is 0 Å². The van der Waals surface area contributed by atoms with Crippen LogP contribution in [0.25, 0.3) is 0 Å². The van der Waals surface area contributed by atoms with Crippen LogP contribution in [0.3, 0.4) is 0 Å². The molecule has 0 fully saturated rings. The summed E-state index contributed by atoms with van der Waals surface area (Å²) in [5.41, 5.74) is 0.771. The van der Waals surface area contributed by atoms with Crippen LogP contribution in [0, 0.1) is 5.82 Å². The van der Waals surface area contributed by atoms with Gasteiger partial charge in [-0.05, 0) is 56.5 Å². The largest absolute Gasteiger partial charge is 0.481 e. The summed E-state index contributed by atoms with van der Waals surface area (Å²) in [6.07, 6.45) is 0.655. The van der Waals surface area contributed by atoms with E-state index in [2.05, 4.69) is 5.32 Å². The van der Waals surface area contributed by atoms with Gasteiger partial charge in [0.25, 0.3) is 5.91 Å². The van der Waals surface area contributed by atoms with Gasteiger partial charge in [0.05, 0.1) is 0 Å². The quantitative estimate of drug-likeness (QED) is 0.830. The molecular weight excluding hydrogens is 305 g/mol. The Kier molecular flexibility index (Phi) is 5.96. The van der Waals surface area contributed by atoms with E-state index in [-0.39, 0.29) is 11.7 Å². The topological polar surface area (TPSA) is 38.3 Å². The average molecular weight is 329 g/mol. The normalized spacial score (nSPS) is 12.5. The third kappa shape index (κ3) is 5.37. The number of nitrogens with one attached hydrogen (secondary N) is 1. The summed E-state index contributed by atoms with van der Waals surface area (Å²) >= 11 is 0. The molecule has 3 nitrogen and oxygen atoms in total. The Morgan fingerprint density at radius 2 is 1.75 bits per heavy atom. The molecule has 24 heavy (non-hydrogen) atoms. The summed E-state index contributed by atoms with van der Waals surface area (Å²) in [4.78, 5) is 12.5. The molecular formula is C20H24FNO2. The first-order valence-electron chi connectivity index (χ1n) is 8.18. The number of ether oxygens (including phenoxy) is 1. The van der Waals surface area contributed by atoms with Gasteiger partial charge in [0, 0.05) is 5.54 Å². The van der Waals surface area contributed by atoms with E-state index in [1.54, 1.807) is 0 Å². The number of hydrogen-bond donors (Lipinski definition) is 1. The second-order valence-corrected chi connectivity index (χ2v) is 6.50. The zero-order valence-electron chi connectivity index (χ0n) is 14.4. The smallest absolute Gasteiger partial charge is 0.261 e. The Hall–Kier alpha value is -2.36. The lowest BCUT2D eigenvalue weighted by molar-refractivity contribution is -0.129. The standard InChI is InChI=1S/C20H24FNO2/c1-4-18(24-17-12-10-16(21)11-13-17)19(23)22-20(2,3)14-15-8-6-5-7-9-15/h5-13,18H,4,14H2,1-3H3,(H,22,23)/t18-/m1/s1. The zero-order chi connectivity index (χ0) is 17.6. The Morgan fingerprint density at radius 1 is 1.12 bits per heavy atom. The van der Waals surface area contributed by atoms with Crippen molar-refractivity contribution in [3.63, 3.8) is 0 Å². The van der Waals surface area contributed by atoms with Gasteiger partial charge >= 0.3 is 0 Å². The summed E-state index contributed by atoms with van der Waals surface area (Å²) in [7, 11) is 0. The molecule has 0 aliphatic heterocycles. The van der Waals surface area contributed by atoms with Crippen LogP contribution in [0.15, 0.2) is 54.6 Å². The van der Waals surface area contributed by atoms with Gasteiger partial charge in [-0.15, -0.1) is 0 Å². The molecule has 0 aromatic heterocycles. The fourth-order valence-electron chi connectivity index (χ4n) is 2.56. The SMILES string of the molecule is CC[C@@H](Oc1ccc(F)cc1)C(=O)NC(C)(C)Cc1ccccc1. The van der Waals surface area contributed by atoms with Crippen molar-refractivity contribution in [2.24, 2.45) is 0 Å². The van der Waals surface area contributed by atoms with Crippen molar-refractivity contribution in [2.75, 3.05) is 0 Å². The van der Waals surface area contributed by atoms with Gasteiger partial charge in [0.2, 0.25) is 0 Å².